The first kappa shape index (κ1) is 12.4. The normalized spacial score (nSPS) is 10.3. The maximum atomic E-state index is 13.2. The lowest BCUT2D eigenvalue weighted by atomic mass is 10.2. The van der Waals surface area contributed by atoms with Gasteiger partial charge in [0.15, 0.2) is 0 Å². The summed E-state index contributed by atoms with van der Waals surface area (Å²) in [5, 5.41) is 3.14. The van der Waals surface area contributed by atoms with Crippen LogP contribution in [0.25, 0.3) is 0 Å². The molecule has 0 atom stereocenters. The Morgan fingerprint density at radius 3 is 2.59 bits per heavy atom. The number of nitrogen functional groups attached to an aromatic ring is 1. The van der Waals surface area contributed by atoms with Gasteiger partial charge in [-0.1, -0.05) is 11.6 Å². The average molecular weight is 363 g/mol. The number of nitrogens with two attached hydrogens (primary N) is 1. The fraction of sp³-hybridized carbons (Fsp3) is 0. The Morgan fingerprint density at radius 2 is 1.94 bits per heavy atom. The van der Waals surface area contributed by atoms with Crippen molar-refractivity contribution in [3.63, 3.8) is 0 Å². The van der Waals surface area contributed by atoms with E-state index in [1.807, 2.05) is 18.2 Å². The maximum Gasteiger partial charge on any atom is 0.143 e. The van der Waals surface area contributed by atoms with Crippen LogP contribution in [0.3, 0.4) is 0 Å². The molecule has 2 rings (SSSR count). The molecule has 88 valence electrons. The molecule has 0 spiro atoms. The molecular formula is C12H9ClFIN2. The molecule has 2 aromatic rings. The van der Waals surface area contributed by atoms with E-state index >= 15 is 0 Å². The molecule has 0 unspecified atom stereocenters. The van der Waals surface area contributed by atoms with Gasteiger partial charge in [0.1, 0.15) is 5.82 Å². The second-order valence-corrected chi connectivity index (χ2v) is 5.14. The summed E-state index contributed by atoms with van der Waals surface area (Å²) in [6.07, 6.45) is 0. The summed E-state index contributed by atoms with van der Waals surface area (Å²) in [5.74, 6) is -0.458. The van der Waals surface area contributed by atoms with E-state index in [0.717, 1.165) is 9.26 Å². The summed E-state index contributed by atoms with van der Waals surface area (Å²) in [6.45, 7) is 0. The largest absolute Gasteiger partial charge is 0.397 e. The zero-order valence-corrected chi connectivity index (χ0v) is 11.6. The Labute approximate surface area is 117 Å². The van der Waals surface area contributed by atoms with Gasteiger partial charge in [0.25, 0.3) is 0 Å². The smallest absolute Gasteiger partial charge is 0.143 e. The highest BCUT2D eigenvalue weighted by atomic mass is 127. The molecule has 0 aliphatic heterocycles. The molecule has 0 radical (unpaired) electrons. The van der Waals surface area contributed by atoms with Gasteiger partial charge in [-0.05, 0) is 59.0 Å². The molecule has 2 aromatic carbocycles. The molecule has 0 fully saturated rings. The van der Waals surface area contributed by atoms with Gasteiger partial charge in [-0.2, -0.15) is 0 Å². The summed E-state index contributed by atoms with van der Waals surface area (Å²) in [5.41, 5.74) is 7.82. The third kappa shape index (κ3) is 3.01. The first-order valence-electron chi connectivity index (χ1n) is 4.83. The van der Waals surface area contributed by atoms with Crippen LogP contribution in [0, 0.1) is 9.39 Å². The van der Waals surface area contributed by atoms with Crippen LogP contribution >= 0.6 is 34.2 Å². The van der Waals surface area contributed by atoms with Crippen molar-refractivity contribution < 1.29 is 4.39 Å². The molecule has 0 bridgehead atoms. The van der Waals surface area contributed by atoms with Crippen molar-refractivity contribution in [1.82, 2.24) is 0 Å². The van der Waals surface area contributed by atoms with Crippen LogP contribution < -0.4 is 11.1 Å². The summed E-state index contributed by atoms with van der Waals surface area (Å²) >= 11 is 7.78. The predicted molar refractivity (Wildman–Crippen MR) is 78.3 cm³/mol. The summed E-state index contributed by atoms with van der Waals surface area (Å²) in [4.78, 5) is 0. The summed E-state index contributed by atoms with van der Waals surface area (Å²) in [6, 6.07) is 10.1. The number of rotatable bonds is 2. The van der Waals surface area contributed by atoms with Crippen molar-refractivity contribution in [3.05, 3.63) is 50.8 Å². The second-order valence-electron chi connectivity index (χ2n) is 3.49. The van der Waals surface area contributed by atoms with Crippen molar-refractivity contribution in [2.75, 3.05) is 11.1 Å². The van der Waals surface area contributed by atoms with Crippen molar-refractivity contribution in [2.45, 2.75) is 0 Å². The predicted octanol–water partition coefficient (Wildman–Crippen LogP) is 4.41. The molecule has 5 heteroatoms. The third-order valence-corrected chi connectivity index (χ3v) is 3.19. The van der Waals surface area contributed by atoms with Crippen LogP contribution in [-0.4, -0.2) is 0 Å². The number of benzene rings is 2. The lowest BCUT2D eigenvalue weighted by Gasteiger charge is -2.10. The lowest BCUT2D eigenvalue weighted by molar-refractivity contribution is 0.629. The summed E-state index contributed by atoms with van der Waals surface area (Å²) < 4.78 is 14.3. The number of halogens is 3. The highest BCUT2D eigenvalue weighted by molar-refractivity contribution is 14.1. The van der Waals surface area contributed by atoms with Crippen LogP contribution in [0.2, 0.25) is 5.02 Å². The number of anilines is 3. The molecular weight excluding hydrogens is 354 g/mol. The highest BCUT2D eigenvalue weighted by Gasteiger charge is 2.03. The Hall–Kier alpha value is -1.01. The zero-order valence-electron chi connectivity index (χ0n) is 8.68. The van der Waals surface area contributed by atoms with Crippen LogP contribution in [0.1, 0.15) is 0 Å². The maximum absolute atomic E-state index is 13.2. The monoisotopic (exact) mass is 362 g/mol. The van der Waals surface area contributed by atoms with E-state index in [-0.39, 0.29) is 5.02 Å². The molecule has 0 amide bonds. The second kappa shape index (κ2) is 5.10. The van der Waals surface area contributed by atoms with E-state index in [2.05, 4.69) is 27.9 Å². The van der Waals surface area contributed by atoms with E-state index < -0.39 is 5.82 Å². The SMILES string of the molecule is Nc1cc(I)ccc1Nc1ccc(Cl)c(F)c1. The van der Waals surface area contributed by atoms with E-state index in [1.54, 1.807) is 6.07 Å². The van der Waals surface area contributed by atoms with Gasteiger partial charge in [-0.3, -0.25) is 0 Å². The average Bonchev–Trinajstić information content (AvgIpc) is 2.27. The van der Waals surface area contributed by atoms with Crippen LogP contribution in [0.15, 0.2) is 36.4 Å². The van der Waals surface area contributed by atoms with Crippen LogP contribution in [0.4, 0.5) is 21.5 Å². The van der Waals surface area contributed by atoms with Crippen LogP contribution in [0.5, 0.6) is 0 Å². The Balaban J connectivity index is 2.28. The van der Waals surface area contributed by atoms with E-state index in [4.69, 9.17) is 17.3 Å². The van der Waals surface area contributed by atoms with Gasteiger partial charge in [0.05, 0.1) is 16.4 Å². The molecule has 17 heavy (non-hydrogen) atoms. The molecule has 0 aromatic heterocycles. The molecule has 0 aliphatic rings. The summed E-state index contributed by atoms with van der Waals surface area (Å²) in [7, 11) is 0. The fourth-order valence-corrected chi connectivity index (χ4v) is 2.01. The van der Waals surface area contributed by atoms with Gasteiger partial charge in [-0.15, -0.1) is 0 Å². The Bertz CT molecular complexity index is 560. The number of hydrogen-bond acceptors (Lipinski definition) is 2. The zero-order chi connectivity index (χ0) is 12.4. The topological polar surface area (TPSA) is 38.0 Å². The number of nitrogens with one attached hydrogen (secondary N) is 1. The molecule has 3 N–H and O–H groups in total. The Morgan fingerprint density at radius 1 is 1.18 bits per heavy atom. The van der Waals surface area contributed by atoms with Crippen molar-refractivity contribution in [3.8, 4) is 0 Å². The van der Waals surface area contributed by atoms with Gasteiger partial charge in [0.2, 0.25) is 0 Å². The molecule has 0 heterocycles. The van der Waals surface area contributed by atoms with E-state index in [0.29, 0.717) is 11.4 Å². The van der Waals surface area contributed by atoms with Crippen molar-refractivity contribution in [2.24, 2.45) is 0 Å². The Kier molecular flexibility index (Phi) is 3.73. The van der Waals surface area contributed by atoms with Gasteiger partial charge in [0, 0.05) is 9.26 Å². The van der Waals surface area contributed by atoms with Gasteiger partial charge in [-0.25, -0.2) is 4.39 Å². The molecule has 0 saturated carbocycles. The first-order chi connectivity index (χ1) is 8.06. The quantitative estimate of drug-likeness (QED) is 0.613. The van der Waals surface area contributed by atoms with E-state index in [1.165, 1.54) is 12.1 Å². The van der Waals surface area contributed by atoms with E-state index in [9.17, 15) is 4.39 Å². The van der Waals surface area contributed by atoms with Crippen molar-refractivity contribution in [1.29, 1.82) is 0 Å². The highest BCUT2D eigenvalue weighted by Crippen LogP contribution is 2.26. The van der Waals surface area contributed by atoms with Crippen LogP contribution in [-0.2, 0) is 0 Å². The lowest BCUT2D eigenvalue weighted by Crippen LogP contribution is -1.97. The first-order valence-corrected chi connectivity index (χ1v) is 6.29. The minimum absolute atomic E-state index is 0.103. The van der Waals surface area contributed by atoms with Crippen molar-refractivity contribution >= 4 is 51.3 Å². The third-order valence-electron chi connectivity index (χ3n) is 2.21. The fourth-order valence-electron chi connectivity index (χ4n) is 1.38. The number of hydrogen-bond donors (Lipinski definition) is 2. The molecule has 0 aliphatic carbocycles. The van der Waals surface area contributed by atoms with Gasteiger partial charge < -0.3 is 11.1 Å². The molecule has 2 nitrogen and oxygen atoms in total. The standard InChI is InChI=1S/C12H9ClFIN2/c13-9-3-2-8(6-10(9)14)17-12-4-1-7(15)5-11(12)16/h1-6,17H,16H2. The minimum Gasteiger partial charge on any atom is -0.397 e. The molecule has 0 saturated heterocycles. The van der Waals surface area contributed by atoms with Gasteiger partial charge >= 0.3 is 0 Å². The minimum atomic E-state index is -0.458.